The number of azo groups is 1. The van der Waals surface area contributed by atoms with Gasteiger partial charge in [0.05, 0.1) is 5.56 Å². The van der Waals surface area contributed by atoms with E-state index >= 15 is 0 Å². The number of anilines is 2. The highest BCUT2D eigenvalue weighted by atomic mass is 16.2. The largest absolute Gasteiger partial charge is 0.339 e. The van der Waals surface area contributed by atoms with Crippen molar-refractivity contribution in [2.45, 2.75) is 37.6 Å². The number of benzene rings is 4. The Morgan fingerprint density at radius 1 is 0.688 bits per heavy atom. The third-order valence-corrected chi connectivity index (χ3v) is 9.35. The maximum absolute atomic E-state index is 13.2. The maximum atomic E-state index is 13.2. The van der Waals surface area contributed by atoms with E-state index in [0.29, 0.717) is 11.4 Å². The van der Waals surface area contributed by atoms with Crippen LogP contribution in [0.1, 0.15) is 63.9 Å². The number of hydrogen-bond donors (Lipinski definition) is 1. The average molecular weight is 634 g/mol. The van der Waals surface area contributed by atoms with Gasteiger partial charge in [-0.2, -0.15) is 10.2 Å². The van der Waals surface area contributed by atoms with E-state index in [1.807, 2.05) is 89.8 Å². The number of pyridine rings is 1. The molecule has 4 aromatic carbocycles. The minimum atomic E-state index is -0.920. The third kappa shape index (κ3) is 6.09. The van der Waals surface area contributed by atoms with Gasteiger partial charge in [-0.05, 0) is 84.7 Å². The van der Waals surface area contributed by atoms with Gasteiger partial charge in [0.2, 0.25) is 0 Å². The molecule has 0 atom stereocenters. The monoisotopic (exact) mass is 633 g/mol. The molecule has 1 aromatic heterocycles. The first kappa shape index (κ1) is 31.0. The second-order valence-corrected chi connectivity index (χ2v) is 12.3. The van der Waals surface area contributed by atoms with Gasteiger partial charge < -0.3 is 15.6 Å². The fraction of sp³-hybridized carbons (Fsp3) is 0.225. The minimum Gasteiger partial charge on any atom is -0.339 e. The number of likely N-dealkylation sites (tertiary alicyclic amines) is 1. The molecule has 0 bridgehead atoms. The number of aryl methyl sites for hydroxylation is 1. The van der Waals surface area contributed by atoms with E-state index in [0.717, 1.165) is 84.6 Å². The first-order valence-corrected chi connectivity index (χ1v) is 16.7. The van der Waals surface area contributed by atoms with E-state index in [9.17, 15) is 4.79 Å². The van der Waals surface area contributed by atoms with Crippen molar-refractivity contribution in [2.24, 2.45) is 21.2 Å². The van der Waals surface area contributed by atoms with Gasteiger partial charge in [-0.1, -0.05) is 91.0 Å². The molecule has 0 radical (unpaired) electrons. The van der Waals surface area contributed by atoms with Crippen LogP contribution in [0.5, 0.6) is 0 Å². The van der Waals surface area contributed by atoms with Crippen LogP contribution in [0.3, 0.4) is 0 Å². The zero-order valence-corrected chi connectivity index (χ0v) is 27.0. The smallest absolute Gasteiger partial charge is 0.255 e. The Kier molecular flexibility index (Phi) is 9.05. The summed E-state index contributed by atoms with van der Waals surface area (Å²) in [7, 11) is 0. The highest BCUT2D eigenvalue weighted by Crippen LogP contribution is 2.41. The lowest BCUT2D eigenvalue weighted by Crippen LogP contribution is -2.36. The summed E-state index contributed by atoms with van der Waals surface area (Å²) in [6, 6.07) is 40.6. The minimum absolute atomic E-state index is 0.0880. The molecule has 0 aliphatic carbocycles. The van der Waals surface area contributed by atoms with Crippen LogP contribution in [0.2, 0.25) is 0 Å². The summed E-state index contributed by atoms with van der Waals surface area (Å²) in [4.78, 5) is 22.1. The SMILES string of the molecule is NN=C(N=NC(c1ccccc1)(c1ccccc1)c1ccccc1)c1ccc(N2CCCc3cc(C(=O)N4CCCCC4)cnc32)cc1. The highest BCUT2D eigenvalue weighted by molar-refractivity contribution is 5.99. The molecule has 8 nitrogen and oxygen atoms in total. The van der Waals surface area contributed by atoms with Gasteiger partial charge in [0.25, 0.3) is 5.91 Å². The number of hydrazone groups is 1. The second kappa shape index (κ2) is 14.0. The Morgan fingerprint density at radius 3 is 1.83 bits per heavy atom. The van der Waals surface area contributed by atoms with Gasteiger partial charge in [-0.25, -0.2) is 4.98 Å². The summed E-state index contributed by atoms with van der Waals surface area (Å²) in [5, 5.41) is 13.9. The Labute approximate surface area is 281 Å². The van der Waals surface area contributed by atoms with E-state index in [1.54, 1.807) is 6.20 Å². The van der Waals surface area contributed by atoms with Gasteiger partial charge in [0, 0.05) is 37.1 Å². The Morgan fingerprint density at radius 2 is 1.27 bits per heavy atom. The summed E-state index contributed by atoms with van der Waals surface area (Å²) in [6.07, 6.45) is 6.94. The molecule has 1 amide bonds. The van der Waals surface area contributed by atoms with Crippen molar-refractivity contribution >= 4 is 23.2 Å². The molecule has 0 saturated carbocycles. The molecular weight excluding hydrogens is 594 g/mol. The van der Waals surface area contributed by atoms with Crippen molar-refractivity contribution in [3.8, 4) is 0 Å². The zero-order valence-electron chi connectivity index (χ0n) is 27.0. The van der Waals surface area contributed by atoms with Crippen molar-refractivity contribution in [3.05, 3.63) is 161 Å². The van der Waals surface area contributed by atoms with Crippen molar-refractivity contribution < 1.29 is 4.79 Å². The first-order valence-electron chi connectivity index (χ1n) is 16.7. The van der Waals surface area contributed by atoms with Crippen LogP contribution in [0.25, 0.3) is 0 Å². The van der Waals surface area contributed by atoms with Crippen molar-refractivity contribution in [1.82, 2.24) is 9.88 Å². The molecule has 2 aliphatic heterocycles. The van der Waals surface area contributed by atoms with E-state index in [1.165, 1.54) is 6.42 Å². The van der Waals surface area contributed by atoms with Crippen LogP contribution in [-0.2, 0) is 12.0 Å². The van der Waals surface area contributed by atoms with Gasteiger partial charge in [-0.3, -0.25) is 4.79 Å². The number of carbonyl (C=O) groups excluding carboxylic acids is 1. The molecule has 48 heavy (non-hydrogen) atoms. The lowest BCUT2D eigenvalue weighted by atomic mass is 9.78. The lowest BCUT2D eigenvalue weighted by Gasteiger charge is -2.31. The van der Waals surface area contributed by atoms with Crippen LogP contribution in [-0.4, -0.2) is 41.3 Å². The Bertz CT molecular complexity index is 1810. The number of nitrogens with two attached hydrogens (primary N) is 1. The third-order valence-electron chi connectivity index (χ3n) is 9.35. The fourth-order valence-electron chi connectivity index (χ4n) is 6.89. The van der Waals surface area contributed by atoms with Crippen molar-refractivity contribution in [1.29, 1.82) is 0 Å². The van der Waals surface area contributed by atoms with Gasteiger partial charge in [0.1, 0.15) is 5.82 Å². The zero-order chi connectivity index (χ0) is 32.8. The van der Waals surface area contributed by atoms with Gasteiger partial charge in [0.15, 0.2) is 11.4 Å². The van der Waals surface area contributed by atoms with E-state index in [2.05, 4.69) is 46.4 Å². The molecular formula is C40H39N7O. The van der Waals surface area contributed by atoms with Gasteiger partial charge in [-0.15, -0.1) is 5.11 Å². The predicted octanol–water partition coefficient (Wildman–Crippen LogP) is 7.86. The maximum Gasteiger partial charge on any atom is 0.255 e. The summed E-state index contributed by atoms with van der Waals surface area (Å²) in [5.41, 5.74) is 5.56. The van der Waals surface area contributed by atoms with Crippen molar-refractivity contribution in [3.63, 3.8) is 0 Å². The molecule has 3 heterocycles. The highest BCUT2D eigenvalue weighted by Gasteiger charge is 2.37. The summed E-state index contributed by atoms with van der Waals surface area (Å²) < 4.78 is 0. The number of amides is 1. The number of fused-ring (bicyclic) bond motifs is 1. The summed E-state index contributed by atoms with van der Waals surface area (Å²) in [5.74, 6) is 7.28. The Balaban J connectivity index is 1.18. The molecule has 1 saturated heterocycles. The number of amidine groups is 1. The number of piperidine rings is 1. The van der Waals surface area contributed by atoms with E-state index in [-0.39, 0.29) is 5.91 Å². The fourth-order valence-corrected chi connectivity index (χ4v) is 6.89. The number of aromatic nitrogens is 1. The lowest BCUT2D eigenvalue weighted by molar-refractivity contribution is 0.0724. The van der Waals surface area contributed by atoms with E-state index < -0.39 is 5.54 Å². The Hall–Kier alpha value is -5.63. The summed E-state index contributed by atoms with van der Waals surface area (Å²) >= 11 is 0. The normalized spacial score (nSPS) is 15.4. The first-order chi connectivity index (χ1) is 23.7. The van der Waals surface area contributed by atoms with Crippen LogP contribution in [0, 0.1) is 0 Å². The van der Waals surface area contributed by atoms with Crippen LogP contribution < -0.4 is 10.7 Å². The number of nitrogens with zero attached hydrogens (tertiary/aromatic N) is 6. The molecule has 0 spiro atoms. The molecule has 0 unspecified atom stereocenters. The number of hydrogen-bond acceptors (Lipinski definition) is 6. The molecule has 7 rings (SSSR count). The van der Waals surface area contributed by atoms with E-state index in [4.69, 9.17) is 21.1 Å². The second-order valence-electron chi connectivity index (χ2n) is 12.3. The molecule has 2 aliphatic rings. The van der Waals surface area contributed by atoms with Crippen LogP contribution >= 0.6 is 0 Å². The number of rotatable bonds is 7. The molecule has 1 fully saturated rings. The topological polar surface area (TPSA) is 99.5 Å². The van der Waals surface area contributed by atoms with Crippen molar-refractivity contribution in [2.75, 3.05) is 24.5 Å². The molecule has 8 heteroatoms. The molecule has 240 valence electrons. The van der Waals surface area contributed by atoms with Crippen LogP contribution in [0.4, 0.5) is 11.5 Å². The standard InChI is InChI=1S/C40H39N7O/c41-43-37(44-45-40(33-15-5-1-6-16-33,34-17-7-2-8-18-34)35-19-9-3-10-20-35)30-21-23-36(24-22-30)47-27-13-14-31-28-32(29-42-38(31)47)39(48)46-25-11-4-12-26-46/h1-3,5-10,15-24,28-29H,4,11-14,25-27,41H2. The van der Waals surface area contributed by atoms with Crippen LogP contribution in [0.15, 0.2) is 143 Å². The van der Waals surface area contributed by atoms with Gasteiger partial charge >= 0.3 is 0 Å². The number of carbonyl (C=O) groups is 1. The molecule has 5 aromatic rings. The predicted molar refractivity (Wildman–Crippen MR) is 191 cm³/mol. The quantitative estimate of drug-likeness (QED) is 0.0493. The summed E-state index contributed by atoms with van der Waals surface area (Å²) in [6.45, 7) is 2.49. The molecule has 2 N–H and O–H groups in total. The average Bonchev–Trinajstić information content (AvgIpc) is 3.17.